The molecule has 2 heterocycles. The van der Waals surface area contributed by atoms with Crippen molar-refractivity contribution >= 4 is 33.4 Å². The van der Waals surface area contributed by atoms with Crippen LogP contribution in [-0.2, 0) is 16.1 Å². The molecule has 0 radical (unpaired) electrons. The van der Waals surface area contributed by atoms with Gasteiger partial charge in [0.25, 0.3) is 0 Å². The molecule has 7 nitrogen and oxygen atoms in total. The molecule has 1 aromatic carbocycles. The van der Waals surface area contributed by atoms with Gasteiger partial charge in [-0.2, -0.15) is 0 Å². The maximum absolute atomic E-state index is 12.5. The smallest absolute Gasteiger partial charge is 0.240 e. The zero-order chi connectivity index (χ0) is 21.0. The number of carbonyl (C=O) groups excluding carboxylic acids is 2. The molecule has 0 saturated carbocycles. The Labute approximate surface area is 176 Å². The van der Waals surface area contributed by atoms with Gasteiger partial charge < -0.3 is 10.2 Å². The molecule has 2 aromatic rings. The normalized spacial score (nSPS) is 16.1. The van der Waals surface area contributed by atoms with Gasteiger partial charge in [0.15, 0.2) is 0 Å². The van der Waals surface area contributed by atoms with Crippen molar-refractivity contribution in [3.05, 3.63) is 29.3 Å². The summed E-state index contributed by atoms with van der Waals surface area (Å²) in [6, 6.07) is 8.23. The predicted molar refractivity (Wildman–Crippen MR) is 117 cm³/mol. The summed E-state index contributed by atoms with van der Waals surface area (Å²) in [7, 11) is 1.69. The van der Waals surface area contributed by atoms with Gasteiger partial charge in [-0.05, 0) is 32.9 Å². The van der Waals surface area contributed by atoms with Crippen LogP contribution in [0.5, 0.6) is 0 Å². The van der Waals surface area contributed by atoms with Gasteiger partial charge in [0, 0.05) is 38.8 Å². The third-order valence-corrected chi connectivity index (χ3v) is 5.86. The first-order chi connectivity index (χ1) is 13.7. The van der Waals surface area contributed by atoms with E-state index < -0.39 is 0 Å². The summed E-state index contributed by atoms with van der Waals surface area (Å²) >= 11 is 1.75. The number of amides is 2. The molecule has 29 heavy (non-hydrogen) atoms. The van der Waals surface area contributed by atoms with Crippen molar-refractivity contribution in [2.45, 2.75) is 32.9 Å². The van der Waals surface area contributed by atoms with Gasteiger partial charge in [-0.3, -0.25) is 19.4 Å². The van der Waals surface area contributed by atoms with Crippen LogP contribution in [0.15, 0.2) is 24.3 Å². The number of benzene rings is 1. The van der Waals surface area contributed by atoms with Gasteiger partial charge >= 0.3 is 0 Å². The minimum Gasteiger partial charge on any atom is -0.350 e. The average molecular weight is 418 g/mol. The minimum atomic E-state index is -0.291. The number of hydrogen-bond donors (Lipinski definition) is 1. The van der Waals surface area contributed by atoms with E-state index >= 15 is 0 Å². The Bertz CT molecular complexity index is 819. The summed E-state index contributed by atoms with van der Waals surface area (Å²) in [5, 5.41) is 4.03. The first kappa shape index (κ1) is 21.7. The highest BCUT2D eigenvalue weighted by Crippen LogP contribution is 2.23. The fourth-order valence-corrected chi connectivity index (χ4v) is 4.37. The predicted octanol–water partition coefficient (Wildman–Crippen LogP) is 1.79. The Morgan fingerprint density at radius 2 is 1.79 bits per heavy atom. The van der Waals surface area contributed by atoms with Crippen molar-refractivity contribution in [1.29, 1.82) is 0 Å². The van der Waals surface area contributed by atoms with E-state index in [1.54, 1.807) is 18.4 Å². The van der Waals surface area contributed by atoms with E-state index in [0.29, 0.717) is 6.54 Å². The van der Waals surface area contributed by atoms with Gasteiger partial charge in [-0.1, -0.05) is 12.1 Å². The largest absolute Gasteiger partial charge is 0.350 e. The van der Waals surface area contributed by atoms with Crippen LogP contribution in [0.3, 0.4) is 0 Å². The topological polar surface area (TPSA) is 68.8 Å². The molecule has 1 aliphatic rings. The number of thiazole rings is 1. The number of rotatable bonds is 6. The van der Waals surface area contributed by atoms with Crippen LogP contribution < -0.4 is 5.32 Å². The van der Waals surface area contributed by atoms with Crippen molar-refractivity contribution < 1.29 is 9.59 Å². The second kappa shape index (κ2) is 9.19. The summed E-state index contributed by atoms with van der Waals surface area (Å²) in [4.78, 5) is 35.3. The summed E-state index contributed by atoms with van der Waals surface area (Å²) < 4.78 is 1.23. The van der Waals surface area contributed by atoms with Gasteiger partial charge in [0.1, 0.15) is 5.01 Å². The lowest BCUT2D eigenvalue weighted by atomic mass is 10.1. The van der Waals surface area contributed by atoms with E-state index in [9.17, 15) is 9.59 Å². The molecule has 1 saturated heterocycles. The Kier molecular flexibility index (Phi) is 6.87. The molecular weight excluding hydrogens is 386 g/mol. The molecule has 0 atom stereocenters. The number of nitrogens with zero attached hydrogens (tertiary/aromatic N) is 4. The highest BCUT2D eigenvalue weighted by atomic mass is 32.1. The van der Waals surface area contributed by atoms with E-state index in [2.05, 4.69) is 27.2 Å². The van der Waals surface area contributed by atoms with Crippen LogP contribution >= 0.6 is 11.3 Å². The fourth-order valence-electron chi connectivity index (χ4n) is 3.36. The highest BCUT2D eigenvalue weighted by molar-refractivity contribution is 7.18. The quantitative estimate of drug-likeness (QED) is 0.776. The van der Waals surface area contributed by atoms with Crippen LogP contribution in [0.2, 0.25) is 0 Å². The van der Waals surface area contributed by atoms with Crippen LogP contribution in [0.4, 0.5) is 0 Å². The fraction of sp³-hybridized carbons (Fsp3) is 0.571. The first-order valence-electron chi connectivity index (χ1n) is 10.0. The van der Waals surface area contributed by atoms with E-state index in [1.165, 1.54) is 9.60 Å². The van der Waals surface area contributed by atoms with Gasteiger partial charge in [0.2, 0.25) is 11.8 Å². The van der Waals surface area contributed by atoms with Crippen molar-refractivity contribution in [1.82, 2.24) is 25.0 Å². The number of aromatic nitrogens is 1. The molecule has 8 heteroatoms. The maximum Gasteiger partial charge on any atom is 0.240 e. The molecule has 0 unspecified atom stereocenters. The zero-order valence-corrected chi connectivity index (χ0v) is 18.6. The van der Waals surface area contributed by atoms with E-state index in [-0.39, 0.29) is 23.9 Å². The SMILES string of the molecule is CN(CC(=O)NC(C)(C)C)C(=O)CN1CCN(Cc2nc3ccccc3s2)CC1. The number of piperazine rings is 1. The van der Waals surface area contributed by atoms with Crippen molar-refractivity contribution in [2.24, 2.45) is 0 Å². The average Bonchev–Trinajstić information content (AvgIpc) is 3.03. The lowest BCUT2D eigenvalue weighted by Crippen LogP contribution is -2.51. The second-order valence-corrected chi connectivity index (χ2v) is 9.79. The molecule has 0 spiro atoms. The zero-order valence-electron chi connectivity index (χ0n) is 17.8. The number of nitrogens with one attached hydrogen (secondary N) is 1. The Morgan fingerprint density at radius 1 is 1.14 bits per heavy atom. The third kappa shape index (κ3) is 6.48. The lowest BCUT2D eigenvalue weighted by molar-refractivity contribution is -0.136. The number of likely N-dealkylation sites (N-methyl/N-ethyl adjacent to an activating group) is 1. The number of hydrogen-bond acceptors (Lipinski definition) is 6. The van der Waals surface area contributed by atoms with Gasteiger partial charge in [0.05, 0.1) is 29.9 Å². The van der Waals surface area contributed by atoms with Crippen molar-refractivity contribution in [2.75, 3.05) is 46.3 Å². The molecular formula is C21H31N5O2S. The molecule has 1 fully saturated rings. The molecule has 3 rings (SSSR count). The van der Waals surface area contributed by atoms with E-state index in [4.69, 9.17) is 4.98 Å². The maximum atomic E-state index is 12.5. The second-order valence-electron chi connectivity index (χ2n) is 8.68. The highest BCUT2D eigenvalue weighted by Gasteiger charge is 2.23. The summed E-state index contributed by atoms with van der Waals surface area (Å²) in [6.07, 6.45) is 0. The summed E-state index contributed by atoms with van der Waals surface area (Å²) in [5.41, 5.74) is 0.774. The molecule has 0 bridgehead atoms. The Morgan fingerprint density at radius 3 is 2.45 bits per heavy atom. The van der Waals surface area contributed by atoms with Crippen LogP contribution in [0.25, 0.3) is 10.2 Å². The number of carbonyl (C=O) groups is 2. The van der Waals surface area contributed by atoms with Crippen molar-refractivity contribution in [3.8, 4) is 0 Å². The van der Waals surface area contributed by atoms with Gasteiger partial charge in [-0.25, -0.2) is 4.98 Å². The third-order valence-electron chi connectivity index (χ3n) is 4.84. The van der Waals surface area contributed by atoms with Crippen LogP contribution in [0.1, 0.15) is 25.8 Å². The summed E-state index contributed by atoms with van der Waals surface area (Å²) in [5.74, 6) is -0.150. The molecule has 1 aromatic heterocycles. The van der Waals surface area contributed by atoms with E-state index in [0.717, 1.165) is 43.2 Å². The minimum absolute atomic E-state index is 0.0197. The van der Waals surface area contributed by atoms with Crippen molar-refractivity contribution in [3.63, 3.8) is 0 Å². The van der Waals surface area contributed by atoms with Crippen LogP contribution in [-0.4, -0.2) is 83.4 Å². The Balaban J connectivity index is 1.42. The molecule has 2 amide bonds. The van der Waals surface area contributed by atoms with E-state index in [1.807, 2.05) is 32.9 Å². The lowest BCUT2D eigenvalue weighted by Gasteiger charge is -2.34. The Hall–Kier alpha value is -2.03. The standard InChI is InChI=1S/C21H31N5O2S/c1-21(2,3)23-18(27)13-24(4)20(28)15-26-11-9-25(10-12-26)14-19-22-16-7-5-6-8-17(16)29-19/h5-8H,9-15H2,1-4H3,(H,23,27). The first-order valence-corrected chi connectivity index (χ1v) is 10.9. The molecule has 1 aliphatic heterocycles. The monoisotopic (exact) mass is 417 g/mol. The summed E-state index contributed by atoms with van der Waals surface area (Å²) in [6.45, 7) is 10.6. The molecule has 158 valence electrons. The van der Waals surface area contributed by atoms with Gasteiger partial charge in [-0.15, -0.1) is 11.3 Å². The molecule has 0 aliphatic carbocycles. The van der Waals surface area contributed by atoms with Crippen LogP contribution in [0, 0.1) is 0 Å². The number of para-hydroxylation sites is 1. The molecule has 1 N–H and O–H groups in total. The number of fused-ring (bicyclic) bond motifs is 1.